The van der Waals surface area contributed by atoms with Crippen molar-refractivity contribution in [2.24, 2.45) is 5.73 Å². The molecule has 1 aromatic heterocycles. The van der Waals surface area contributed by atoms with Crippen LogP contribution in [0.25, 0.3) is 0 Å². The van der Waals surface area contributed by atoms with Gasteiger partial charge in [-0.3, -0.25) is 9.69 Å². The van der Waals surface area contributed by atoms with Crippen LogP contribution in [-0.4, -0.2) is 61.2 Å². The Morgan fingerprint density at radius 2 is 2.35 bits per heavy atom. The van der Waals surface area contributed by atoms with Gasteiger partial charge in [0.25, 0.3) is 5.91 Å². The third-order valence-corrected chi connectivity index (χ3v) is 4.06. The topological polar surface area (TPSA) is 80.5 Å². The van der Waals surface area contributed by atoms with E-state index >= 15 is 0 Å². The fourth-order valence-corrected chi connectivity index (χ4v) is 2.96. The van der Waals surface area contributed by atoms with Crippen molar-refractivity contribution >= 4 is 17.2 Å². The van der Waals surface area contributed by atoms with Crippen LogP contribution in [0.15, 0.2) is 5.38 Å². The van der Waals surface area contributed by atoms with Gasteiger partial charge in [-0.1, -0.05) is 0 Å². The van der Waals surface area contributed by atoms with Crippen LogP contribution in [0.3, 0.4) is 0 Å². The van der Waals surface area contributed by atoms with Gasteiger partial charge in [0.15, 0.2) is 0 Å². The summed E-state index contributed by atoms with van der Waals surface area (Å²) in [5.74, 6) is -0.106. The Kier molecular flexibility index (Phi) is 5.90. The SMILES string of the molecule is CC(CN1CCOCC1)NC(=O)c1csc(CCN)n1. The zero-order valence-corrected chi connectivity index (χ0v) is 12.6. The van der Waals surface area contributed by atoms with Gasteiger partial charge in [0.2, 0.25) is 0 Å². The van der Waals surface area contributed by atoms with E-state index < -0.39 is 0 Å². The molecule has 112 valence electrons. The molecule has 0 spiro atoms. The first kappa shape index (κ1) is 15.4. The molecule has 20 heavy (non-hydrogen) atoms. The Morgan fingerprint density at radius 1 is 1.60 bits per heavy atom. The van der Waals surface area contributed by atoms with E-state index in [4.69, 9.17) is 10.5 Å². The van der Waals surface area contributed by atoms with Crippen LogP contribution in [0.1, 0.15) is 22.4 Å². The van der Waals surface area contributed by atoms with Crippen LogP contribution < -0.4 is 11.1 Å². The van der Waals surface area contributed by atoms with E-state index in [9.17, 15) is 4.79 Å². The summed E-state index contributed by atoms with van der Waals surface area (Å²) in [4.78, 5) is 18.7. The maximum Gasteiger partial charge on any atom is 0.271 e. The summed E-state index contributed by atoms with van der Waals surface area (Å²) in [5.41, 5.74) is 5.97. The van der Waals surface area contributed by atoms with Crippen molar-refractivity contribution in [1.82, 2.24) is 15.2 Å². The number of nitrogens with one attached hydrogen (secondary N) is 1. The number of nitrogens with zero attached hydrogens (tertiary/aromatic N) is 2. The molecule has 6 nitrogen and oxygen atoms in total. The average molecular weight is 298 g/mol. The molecule has 0 radical (unpaired) electrons. The number of thiazole rings is 1. The lowest BCUT2D eigenvalue weighted by molar-refractivity contribution is 0.0342. The number of carbonyl (C=O) groups is 1. The first-order chi connectivity index (χ1) is 9.69. The third-order valence-electron chi connectivity index (χ3n) is 3.16. The lowest BCUT2D eigenvalue weighted by atomic mass is 10.2. The molecule has 1 aromatic rings. The first-order valence-corrected chi connectivity index (χ1v) is 7.82. The van der Waals surface area contributed by atoms with Crippen molar-refractivity contribution in [3.05, 3.63) is 16.1 Å². The molecule has 1 amide bonds. The molecule has 1 atom stereocenters. The fourth-order valence-electron chi connectivity index (χ4n) is 2.17. The van der Waals surface area contributed by atoms with E-state index in [2.05, 4.69) is 15.2 Å². The van der Waals surface area contributed by atoms with Crippen LogP contribution in [0.2, 0.25) is 0 Å². The summed E-state index contributed by atoms with van der Waals surface area (Å²) in [7, 11) is 0. The summed E-state index contributed by atoms with van der Waals surface area (Å²) in [6, 6.07) is 0.0975. The number of rotatable bonds is 6. The van der Waals surface area contributed by atoms with Gasteiger partial charge in [-0.05, 0) is 13.5 Å². The molecular formula is C13H22N4O2S. The normalized spacial score (nSPS) is 17.9. The number of hydrogen-bond donors (Lipinski definition) is 2. The van der Waals surface area contributed by atoms with Gasteiger partial charge in [0.05, 0.1) is 18.2 Å². The highest BCUT2D eigenvalue weighted by atomic mass is 32.1. The van der Waals surface area contributed by atoms with E-state index in [1.54, 1.807) is 5.38 Å². The van der Waals surface area contributed by atoms with Crippen molar-refractivity contribution in [3.8, 4) is 0 Å². The predicted molar refractivity (Wildman–Crippen MR) is 79.1 cm³/mol. The molecule has 1 saturated heterocycles. The molecule has 0 bridgehead atoms. The van der Waals surface area contributed by atoms with Crippen molar-refractivity contribution in [2.75, 3.05) is 39.4 Å². The van der Waals surface area contributed by atoms with E-state index in [1.807, 2.05) is 6.92 Å². The highest BCUT2D eigenvalue weighted by Gasteiger charge is 2.17. The molecule has 0 saturated carbocycles. The van der Waals surface area contributed by atoms with E-state index in [0.29, 0.717) is 12.2 Å². The highest BCUT2D eigenvalue weighted by Crippen LogP contribution is 2.10. The fraction of sp³-hybridized carbons (Fsp3) is 0.692. The Labute approximate surface area is 123 Å². The zero-order valence-electron chi connectivity index (χ0n) is 11.8. The van der Waals surface area contributed by atoms with Gasteiger partial charge in [-0.2, -0.15) is 0 Å². The molecule has 2 heterocycles. The molecule has 1 fully saturated rings. The lowest BCUT2D eigenvalue weighted by Gasteiger charge is -2.29. The van der Waals surface area contributed by atoms with Crippen molar-refractivity contribution in [3.63, 3.8) is 0 Å². The quantitative estimate of drug-likeness (QED) is 0.778. The number of aromatic nitrogens is 1. The van der Waals surface area contributed by atoms with Crippen LogP contribution in [0, 0.1) is 0 Å². The second kappa shape index (κ2) is 7.68. The van der Waals surface area contributed by atoms with Crippen LogP contribution in [-0.2, 0) is 11.2 Å². The number of nitrogens with two attached hydrogens (primary N) is 1. The van der Waals surface area contributed by atoms with Gasteiger partial charge in [0, 0.05) is 37.5 Å². The van der Waals surface area contributed by atoms with Crippen LogP contribution >= 0.6 is 11.3 Å². The zero-order chi connectivity index (χ0) is 14.4. The van der Waals surface area contributed by atoms with Crippen molar-refractivity contribution in [2.45, 2.75) is 19.4 Å². The first-order valence-electron chi connectivity index (χ1n) is 6.94. The largest absolute Gasteiger partial charge is 0.379 e. The van der Waals surface area contributed by atoms with Gasteiger partial charge < -0.3 is 15.8 Å². The van der Waals surface area contributed by atoms with Gasteiger partial charge in [-0.25, -0.2) is 4.98 Å². The summed E-state index contributed by atoms with van der Waals surface area (Å²) in [6.45, 7) is 6.82. The molecule has 7 heteroatoms. The van der Waals surface area contributed by atoms with E-state index in [-0.39, 0.29) is 11.9 Å². The van der Waals surface area contributed by atoms with E-state index in [0.717, 1.165) is 44.3 Å². The molecule has 1 aliphatic rings. The molecule has 1 aliphatic heterocycles. The number of morpholine rings is 1. The highest BCUT2D eigenvalue weighted by molar-refractivity contribution is 7.09. The number of hydrogen-bond acceptors (Lipinski definition) is 6. The summed E-state index contributed by atoms with van der Waals surface area (Å²) in [6.07, 6.45) is 0.723. The molecular weight excluding hydrogens is 276 g/mol. The Hall–Kier alpha value is -1.02. The molecule has 0 aromatic carbocycles. The molecule has 0 aliphatic carbocycles. The molecule has 3 N–H and O–H groups in total. The van der Waals surface area contributed by atoms with Gasteiger partial charge in [-0.15, -0.1) is 11.3 Å². The third kappa shape index (κ3) is 4.52. The second-order valence-corrected chi connectivity index (χ2v) is 5.90. The minimum absolute atomic E-state index is 0.0975. The predicted octanol–water partition coefficient (Wildman–Crippen LogP) is 0.0948. The summed E-state index contributed by atoms with van der Waals surface area (Å²) in [5, 5.41) is 5.70. The van der Waals surface area contributed by atoms with Crippen molar-refractivity contribution < 1.29 is 9.53 Å². The Morgan fingerprint density at radius 3 is 3.05 bits per heavy atom. The monoisotopic (exact) mass is 298 g/mol. The minimum atomic E-state index is -0.106. The smallest absolute Gasteiger partial charge is 0.271 e. The van der Waals surface area contributed by atoms with Gasteiger partial charge in [0.1, 0.15) is 5.69 Å². The maximum atomic E-state index is 12.1. The number of amides is 1. The molecule has 1 unspecified atom stereocenters. The summed E-state index contributed by atoms with van der Waals surface area (Å²) < 4.78 is 5.31. The number of carbonyl (C=O) groups excluding carboxylic acids is 1. The second-order valence-electron chi connectivity index (χ2n) is 4.95. The average Bonchev–Trinajstić information content (AvgIpc) is 2.89. The van der Waals surface area contributed by atoms with Crippen LogP contribution in [0.4, 0.5) is 0 Å². The van der Waals surface area contributed by atoms with Gasteiger partial charge >= 0.3 is 0 Å². The lowest BCUT2D eigenvalue weighted by Crippen LogP contribution is -2.46. The number of ether oxygens (including phenoxy) is 1. The minimum Gasteiger partial charge on any atom is -0.379 e. The Balaban J connectivity index is 1.80. The van der Waals surface area contributed by atoms with Crippen molar-refractivity contribution in [1.29, 1.82) is 0 Å². The maximum absolute atomic E-state index is 12.1. The van der Waals surface area contributed by atoms with E-state index in [1.165, 1.54) is 11.3 Å². The Bertz CT molecular complexity index is 432. The van der Waals surface area contributed by atoms with Crippen LogP contribution in [0.5, 0.6) is 0 Å². The summed E-state index contributed by atoms with van der Waals surface area (Å²) >= 11 is 1.49. The molecule has 2 rings (SSSR count). The standard InChI is InChI=1S/C13H22N4O2S/c1-10(8-17-4-6-19-7-5-17)15-13(18)11-9-20-12(16-11)2-3-14/h9-10H,2-8,14H2,1H3,(H,15,18).